The molecule has 3 rings (SSSR count). The number of nitrogens with zero attached hydrogens (tertiary/aromatic N) is 2. The van der Waals surface area contributed by atoms with Gasteiger partial charge in [0.2, 0.25) is 5.95 Å². The van der Waals surface area contributed by atoms with Crippen LogP contribution >= 0.6 is 27.3 Å². The maximum atomic E-state index is 5.79. The highest BCUT2D eigenvalue weighted by Gasteiger charge is 2.12. The number of fused-ring (bicyclic) bond motifs is 1. The van der Waals surface area contributed by atoms with Crippen molar-refractivity contribution in [1.82, 2.24) is 9.97 Å². The highest BCUT2D eigenvalue weighted by molar-refractivity contribution is 9.10. The number of rotatable bonds is 3. The zero-order valence-electron chi connectivity index (χ0n) is 11.5. The molecule has 5 nitrogen and oxygen atoms in total. The Bertz CT molecular complexity index is 818. The van der Waals surface area contributed by atoms with Crippen LogP contribution in [0.15, 0.2) is 28.7 Å². The molecule has 0 aliphatic heterocycles. The first-order valence-corrected chi connectivity index (χ1v) is 7.82. The van der Waals surface area contributed by atoms with Crippen molar-refractivity contribution in [3.8, 4) is 5.75 Å². The highest BCUT2D eigenvalue weighted by Crippen LogP contribution is 2.34. The molecule has 2 aromatic heterocycles. The fourth-order valence-corrected chi connectivity index (χ4v) is 3.31. The third-order valence-electron chi connectivity index (χ3n) is 2.95. The number of aryl methyl sites for hydroxylation is 1. The first-order chi connectivity index (χ1) is 10.1. The van der Waals surface area contributed by atoms with Crippen LogP contribution in [0.25, 0.3) is 10.2 Å². The van der Waals surface area contributed by atoms with Gasteiger partial charge in [0, 0.05) is 9.35 Å². The molecular formula is C14H13BrN4OS. The number of nitrogens with one attached hydrogen (secondary N) is 1. The fourth-order valence-electron chi connectivity index (χ4n) is 2.06. The minimum Gasteiger partial charge on any atom is -0.495 e. The van der Waals surface area contributed by atoms with E-state index in [9.17, 15) is 0 Å². The lowest BCUT2D eigenvalue weighted by Crippen LogP contribution is -2.01. The van der Waals surface area contributed by atoms with Crippen molar-refractivity contribution in [2.24, 2.45) is 0 Å². The van der Waals surface area contributed by atoms with Gasteiger partial charge in [0.1, 0.15) is 16.4 Å². The SMILES string of the molecule is COc1ccc(Br)cc1Nc1nc(N)nc2sc(C)cc12. The summed E-state index contributed by atoms with van der Waals surface area (Å²) in [5.74, 6) is 1.66. The third-order valence-corrected chi connectivity index (χ3v) is 4.39. The monoisotopic (exact) mass is 364 g/mol. The lowest BCUT2D eigenvalue weighted by molar-refractivity contribution is 0.416. The molecule has 7 heteroatoms. The number of anilines is 3. The van der Waals surface area contributed by atoms with Gasteiger partial charge in [-0.15, -0.1) is 11.3 Å². The Labute approximate surface area is 134 Å². The summed E-state index contributed by atoms with van der Waals surface area (Å²) in [5.41, 5.74) is 6.61. The number of hydrogen-bond donors (Lipinski definition) is 2. The molecular weight excluding hydrogens is 352 g/mol. The van der Waals surface area contributed by atoms with Crippen molar-refractivity contribution in [2.75, 3.05) is 18.2 Å². The lowest BCUT2D eigenvalue weighted by atomic mass is 10.2. The molecule has 0 radical (unpaired) electrons. The van der Waals surface area contributed by atoms with Gasteiger partial charge in [0.25, 0.3) is 0 Å². The molecule has 0 fully saturated rings. The summed E-state index contributed by atoms with van der Waals surface area (Å²) in [5, 5.41) is 4.23. The normalized spacial score (nSPS) is 10.8. The maximum absolute atomic E-state index is 5.79. The molecule has 0 saturated heterocycles. The molecule has 0 unspecified atom stereocenters. The van der Waals surface area contributed by atoms with Gasteiger partial charge < -0.3 is 15.8 Å². The molecule has 108 valence electrons. The summed E-state index contributed by atoms with van der Waals surface area (Å²) in [4.78, 5) is 10.6. The van der Waals surface area contributed by atoms with Crippen molar-refractivity contribution in [2.45, 2.75) is 6.92 Å². The van der Waals surface area contributed by atoms with Crippen LogP contribution in [0.1, 0.15) is 4.88 Å². The maximum Gasteiger partial charge on any atom is 0.223 e. The van der Waals surface area contributed by atoms with Gasteiger partial charge in [-0.2, -0.15) is 4.98 Å². The van der Waals surface area contributed by atoms with E-state index < -0.39 is 0 Å². The summed E-state index contributed by atoms with van der Waals surface area (Å²) in [6.45, 7) is 2.03. The molecule has 0 bridgehead atoms. The molecule has 0 atom stereocenters. The number of ether oxygens (including phenoxy) is 1. The van der Waals surface area contributed by atoms with Gasteiger partial charge in [-0.3, -0.25) is 0 Å². The number of hydrogen-bond acceptors (Lipinski definition) is 6. The average Bonchev–Trinajstić information content (AvgIpc) is 2.79. The molecule has 0 spiro atoms. The van der Waals surface area contributed by atoms with Crippen LogP contribution in [-0.2, 0) is 0 Å². The van der Waals surface area contributed by atoms with Crippen LogP contribution in [0, 0.1) is 6.92 Å². The Balaban J connectivity index is 2.11. The van der Waals surface area contributed by atoms with Gasteiger partial charge in [0.05, 0.1) is 18.2 Å². The number of nitrogen functional groups attached to an aromatic ring is 1. The van der Waals surface area contributed by atoms with Gasteiger partial charge in [-0.1, -0.05) is 15.9 Å². The molecule has 3 N–H and O–H groups in total. The number of halogens is 1. The molecule has 3 aromatic rings. The van der Waals surface area contributed by atoms with E-state index in [2.05, 4.69) is 31.2 Å². The molecule has 0 amide bonds. The molecule has 21 heavy (non-hydrogen) atoms. The summed E-state index contributed by atoms with van der Waals surface area (Å²) in [6, 6.07) is 7.78. The predicted molar refractivity (Wildman–Crippen MR) is 90.5 cm³/mol. The zero-order valence-corrected chi connectivity index (χ0v) is 13.9. The van der Waals surface area contributed by atoms with E-state index in [1.54, 1.807) is 18.4 Å². The Morgan fingerprint density at radius 3 is 2.86 bits per heavy atom. The second kappa shape index (κ2) is 5.50. The summed E-state index contributed by atoms with van der Waals surface area (Å²) >= 11 is 5.05. The van der Waals surface area contributed by atoms with Gasteiger partial charge >= 0.3 is 0 Å². The molecule has 1 aromatic carbocycles. The van der Waals surface area contributed by atoms with Crippen LogP contribution in [0.5, 0.6) is 5.75 Å². The van der Waals surface area contributed by atoms with Crippen LogP contribution in [0.2, 0.25) is 0 Å². The van der Waals surface area contributed by atoms with Crippen molar-refractivity contribution in [3.05, 3.63) is 33.6 Å². The van der Waals surface area contributed by atoms with Gasteiger partial charge in [0.15, 0.2) is 0 Å². The van der Waals surface area contributed by atoms with Crippen LogP contribution in [-0.4, -0.2) is 17.1 Å². The van der Waals surface area contributed by atoms with E-state index in [1.165, 1.54) is 0 Å². The topological polar surface area (TPSA) is 73.1 Å². The lowest BCUT2D eigenvalue weighted by Gasteiger charge is -2.12. The quantitative estimate of drug-likeness (QED) is 0.731. The highest BCUT2D eigenvalue weighted by atomic mass is 79.9. The second-order valence-electron chi connectivity index (χ2n) is 4.48. The number of thiophene rings is 1. The van der Waals surface area contributed by atoms with Gasteiger partial charge in [-0.05, 0) is 31.2 Å². The summed E-state index contributed by atoms with van der Waals surface area (Å²) in [7, 11) is 1.63. The predicted octanol–water partition coefficient (Wildman–Crippen LogP) is 4.10. The fraction of sp³-hybridized carbons (Fsp3) is 0.143. The Morgan fingerprint density at radius 1 is 1.29 bits per heavy atom. The smallest absolute Gasteiger partial charge is 0.223 e. The number of methoxy groups -OCH3 is 1. The Hall–Kier alpha value is -1.86. The van der Waals surface area contributed by atoms with E-state index in [4.69, 9.17) is 10.5 Å². The van der Waals surface area contributed by atoms with E-state index >= 15 is 0 Å². The van der Waals surface area contributed by atoms with E-state index in [0.717, 1.165) is 31.0 Å². The third kappa shape index (κ3) is 2.79. The largest absolute Gasteiger partial charge is 0.495 e. The minimum atomic E-state index is 0.251. The van der Waals surface area contributed by atoms with Crippen LogP contribution in [0.3, 0.4) is 0 Å². The van der Waals surface area contributed by atoms with Crippen molar-refractivity contribution < 1.29 is 4.74 Å². The Kier molecular flexibility index (Phi) is 3.69. The van der Waals surface area contributed by atoms with E-state index in [0.29, 0.717) is 5.82 Å². The first kappa shape index (κ1) is 14.1. The molecule has 0 aliphatic rings. The molecule has 0 aliphatic carbocycles. The van der Waals surface area contributed by atoms with Crippen LogP contribution < -0.4 is 15.8 Å². The van der Waals surface area contributed by atoms with Crippen LogP contribution in [0.4, 0.5) is 17.5 Å². The van der Waals surface area contributed by atoms with Gasteiger partial charge in [-0.25, -0.2) is 4.98 Å². The number of benzene rings is 1. The molecule has 2 heterocycles. The zero-order chi connectivity index (χ0) is 15.0. The number of nitrogens with two attached hydrogens (primary N) is 1. The minimum absolute atomic E-state index is 0.251. The standard InChI is InChI=1S/C14H13BrN4OS/c1-7-5-9-12(18-14(16)19-13(9)21-7)17-10-6-8(15)3-4-11(10)20-2/h3-6H,1-2H3,(H3,16,17,18,19). The summed E-state index contributed by atoms with van der Waals surface area (Å²) in [6.07, 6.45) is 0. The first-order valence-electron chi connectivity index (χ1n) is 6.21. The van der Waals surface area contributed by atoms with E-state index in [1.807, 2.05) is 31.2 Å². The van der Waals surface area contributed by atoms with E-state index in [-0.39, 0.29) is 5.95 Å². The van der Waals surface area contributed by atoms with Crippen molar-refractivity contribution >= 4 is 54.9 Å². The Morgan fingerprint density at radius 2 is 2.10 bits per heavy atom. The molecule has 0 saturated carbocycles. The second-order valence-corrected chi connectivity index (χ2v) is 6.63. The average molecular weight is 365 g/mol. The van der Waals surface area contributed by atoms with Crippen molar-refractivity contribution in [1.29, 1.82) is 0 Å². The summed E-state index contributed by atoms with van der Waals surface area (Å²) < 4.78 is 6.31. The number of aromatic nitrogens is 2. The van der Waals surface area contributed by atoms with Crippen molar-refractivity contribution in [3.63, 3.8) is 0 Å².